The normalized spacial score (nSPS) is 19.5. The summed E-state index contributed by atoms with van der Waals surface area (Å²) >= 11 is 6.70. The molecule has 2 amide bonds. The maximum atomic E-state index is 13.5. The van der Waals surface area contributed by atoms with Crippen molar-refractivity contribution in [1.82, 2.24) is 19.9 Å². The number of benzene rings is 1. The van der Waals surface area contributed by atoms with Crippen LogP contribution in [0.25, 0.3) is 10.9 Å². The Balaban J connectivity index is 1.37. The molecule has 3 heterocycles. The van der Waals surface area contributed by atoms with Crippen molar-refractivity contribution < 1.29 is 14.1 Å². The van der Waals surface area contributed by atoms with Crippen molar-refractivity contribution in [3.05, 3.63) is 57.6 Å². The molecule has 0 saturated carbocycles. The first kappa shape index (κ1) is 22.1. The molecule has 1 atom stereocenters. The monoisotopic (exact) mass is 482 g/mol. The van der Waals surface area contributed by atoms with Crippen LogP contribution in [0.4, 0.5) is 0 Å². The lowest BCUT2D eigenvalue weighted by molar-refractivity contribution is 0.0688. The van der Waals surface area contributed by atoms with E-state index in [9.17, 15) is 9.59 Å². The lowest BCUT2D eigenvalue weighted by Gasteiger charge is -2.27. The average Bonchev–Trinajstić information content (AvgIpc) is 3.16. The van der Waals surface area contributed by atoms with Crippen molar-refractivity contribution in [2.75, 3.05) is 19.3 Å². The number of hydrogen-bond donors (Lipinski definition) is 0. The molecule has 172 valence electrons. The Bertz CT molecular complexity index is 1240. The van der Waals surface area contributed by atoms with Crippen LogP contribution in [0, 0.1) is 6.92 Å². The van der Waals surface area contributed by atoms with Crippen LogP contribution >= 0.6 is 11.6 Å². The number of carbonyl (C=O) groups excluding carboxylic acids is 2. The van der Waals surface area contributed by atoms with Gasteiger partial charge in [0.2, 0.25) is 0 Å². The summed E-state index contributed by atoms with van der Waals surface area (Å²) < 4.78 is 5.06. The third-order valence-electron chi connectivity index (χ3n) is 6.80. The molecule has 1 unspecified atom stereocenters. The van der Waals surface area contributed by atoms with Gasteiger partial charge in [0, 0.05) is 47.6 Å². The zero-order valence-corrected chi connectivity index (χ0v) is 21.1. The molecule has 1 aliphatic carbocycles. The SMILES string of the molecule is Cc1cc(C(=O)N2CCN(C(=O)c3ccc4c(Cl)c5c(nc4c3)CCCC5)C(C)[SiH2]C2)no1. The van der Waals surface area contributed by atoms with Gasteiger partial charge >= 0.3 is 0 Å². The summed E-state index contributed by atoms with van der Waals surface area (Å²) in [5, 5.41) is 5.55. The van der Waals surface area contributed by atoms with E-state index in [0.29, 0.717) is 36.3 Å². The number of pyridine rings is 1. The third kappa shape index (κ3) is 4.17. The first-order chi connectivity index (χ1) is 15.9. The number of aromatic nitrogens is 2. The number of aryl methyl sites for hydroxylation is 2. The summed E-state index contributed by atoms with van der Waals surface area (Å²) in [6.07, 6.45) is 4.88. The molecular weight excluding hydrogens is 456 g/mol. The van der Waals surface area contributed by atoms with E-state index in [0.717, 1.165) is 52.9 Å². The lowest BCUT2D eigenvalue weighted by Crippen LogP contribution is -2.42. The third-order valence-corrected chi connectivity index (χ3v) is 9.30. The highest BCUT2D eigenvalue weighted by molar-refractivity contribution is 6.39. The zero-order chi connectivity index (χ0) is 23.1. The Labute approximate surface area is 199 Å². The van der Waals surface area contributed by atoms with Gasteiger partial charge in [0.15, 0.2) is 5.69 Å². The van der Waals surface area contributed by atoms with Gasteiger partial charge in [-0.15, -0.1) is 0 Å². The molecule has 33 heavy (non-hydrogen) atoms. The van der Waals surface area contributed by atoms with Crippen LogP contribution in [0.15, 0.2) is 28.8 Å². The van der Waals surface area contributed by atoms with Crippen LogP contribution in [-0.2, 0) is 12.8 Å². The second kappa shape index (κ2) is 8.91. The molecule has 0 bridgehead atoms. The van der Waals surface area contributed by atoms with Crippen LogP contribution in [-0.4, -0.2) is 66.2 Å². The average molecular weight is 483 g/mol. The molecule has 0 radical (unpaired) electrons. The highest BCUT2D eigenvalue weighted by Crippen LogP contribution is 2.33. The minimum Gasteiger partial charge on any atom is -0.361 e. The fraction of sp³-hybridized carbons (Fsp3) is 0.417. The number of carbonyl (C=O) groups is 2. The highest BCUT2D eigenvalue weighted by atomic mass is 35.5. The molecule has 1 aliphatic heterocycles. The summed E-state index contributed by atoms with van der Waals surface area (Å²) in [6.45, 7) is 4.83. The zero-order valence-electron chi connectivity index (χ0n) is 18.9. The molecular formula is C24H27ClN4O3Si. The van der Waals surface area contributed by atoms with Gasteiger partial charge < -0.3 is 14.3 Å². The number of nitrogens with zero attached hydrogens (tertiary/aromatic N) is 4. The van der Waals surface area contributed by atoms with Gasteiger partial charge in [-0.2, -0.15) is 0 Å². The minimum atomic E-state index is -0.729. The molecule has 3 aromatic rings. The predicted octanol–water partition coefficient (Wildman–Crippen LogP) is 3.13. The van der Waals surface area contributed by atoms with Crippen molar-refractivity contribution >= 4 is 43.8 Å². The van der Waals surface area contributed by atoms with Crippen molar-refractivity contribution in [2.24, 2.45) is 0 Å². The van der Waals surface area contributed by atoms with Gasteiger partial charge in [-0.05, 0) is 57.2 Å². The number of rotatable bonds is 2. The second-order valence-corrected chi connectivity index (χ2v) is 11.6. The maximum Gasteiger partial charge on any atom is 0.275 e. The van der Waals surface area contributed by atoms with Crippen molar-refractivity contribution in [3.8, 4) is 0 Å². The molecule has 9 heteroatoms. The molecule has 7 nitrogen and oxygen atoms in total. The van der Waals surface area contributed by atoms with Gasteiger partial charge in [-0.3, -0.25) is 14.6 Å². The van der Waals surface area contributed by atoms with E-state index in [1.807, 2.05) is 23.1 Å². The molecule has 5 rings (SSSR count). The van der Waals surface area contributed by atoms with Gasteiger partial charge in [0.1, 0.15) is 5.76 Å². The quantitative estimate of drug-likeness (QED) is 0.524. The van der Waals surface area contributed by atoms with Crippen LogP contribution in [0.2, 0.25) is 5.02 Å². The van der Waals surface area contributed by atoms with Crippen LogP contribution in [0.1, 0.15) is 57.6 Å². The number of fused-ring (bicyclic) bond motifs is 2. The number of amides is 2. The Kier molecular flexibility index (Phi) is 5.97. The second-order valence-electron chi connectivity index (χ2n) is 9.04. The van der Waals surface area contributed by atoms with E-state index in [2.05, 4.69) is 12.1 Å². The Morgan fingerprint density at radius 3 is 2.76 bits per heavy atom. The van der Waals surface area contributed by atoms with Crippen LogP contribution < -0.4 is 0 Å². The topological polar surface area (TPSA) is 79.5 Å². The van der Waals surface area contributed by atoms with Crippen molar-refractivity contribution in [3.63, 3.8) is 0 Å². The highest BCUT2D eigenvalue weighted by Gasteiger charge is 2.29. The Morgan fingerprint density at radius 2 is 1.97 bits per heavy atom. The lowest BCUT2D eigenvalue weighted by atomic mass is 9.94. The number of halogens is 1. The fourth-order valence-corrected chi connectivity index (χ4v) is 6.99. The standard InChI is InChI=1S/C24H27ClN4O3Si/c1-14-11-21(27-32-14)24(31)28-9-10-29(15(2)33-13-28)23(30)16-7-8-18-20(12-16)26-19-6-4-3-5-17(19)22(18)25/h7-8,11-12,15H,3-6,9-10,13,33H2,1-2H3. The molecule has 2 aliphatic rings. The van der Waals surface area contributed by atoms with E-state index < -0.39 is 9.52 Å². The van der Waals surface area contributed by atoms with E-state index in [1.54, 1.807) is 17.9 Å². The largest absolute Gasteiger partial charge is 0.361 e. The molecule has 2 aromatic heterocycles. The number of hydrogen-bond acceptors (Lipinski definition) is 5. The van der Waals surface area contributed by atoms with Crippen LogP contribution in [0.5, 0.6) is 0 Å². The smallest absolute Gasteiger partial charge is 0.275 e. The molecule has 0 N–H and O–H groups in total. The fourth-order valence-electron chi connectivity index (χ4n) is 4.86. The van der Waals surface area contributed by atoms with Gasteiger partial charge in [-0.1, -0.05) is 22.8 Å². The molecule has 1 aromatic carbocycles. The minimum absolute atomic E-state index is 0.0147. The molecule has 1 fully saturated rings. The van der Waals surface area contributed by atoms with E-state index in [-0.39, 0.29) is 17.5 Å². The predicted molar refractivity (Wildman–Crippen MR) is 130 cm³/mol. The van der Waals surface area contributed by atoms with E-state index in [4.69, 9.17) is 21.1 Å². The first-order valence-electron chi connectivity index (χ1n) is 11.6. The van der Waals surface area contributed by atoms with E-state index >= 15 is 0 Å². The maximum absolute atomic E-state index is 13.5. The van der Waals surface area contributed by atoms with Gasteiger partial charge in [-0.25, -0.2) is 0 Å². The molecule has 0 spiro atoms. The Hall–Kier alpha value is -2.71. The van der Waals surface area contributed by atoms with Gasteiger partial charge in [0.05, 0.1) is 20.1 Å². The molecule has 1 saturated heterocycles. The van der Waals surface area contributed by atoms with Crippen molar-refractivity contribution in [2.45, 2.75) is 45.2 Å². The summed E-state index contributed by atoms with van der Waals surface area (Å²) in [6, 6.07) is 7.31. The Morgan fingerprint density at radius 1 is 1.15 bits per heavy atom. The summed E-state index contributed by atoms with van der Waals surface area (Å²) in [5.74, 6) is 0.469. The summed E-state index contributed by atoms with van der Waals surface area (Å²) in [5.41, 5.74) is 4.10. The van der Waals surface area contributed by atoms with Crippen molar-refractivity contribution in [1.29, 1.82) is 0 Å². The van der Waals surface area contributed by atoms with Gasteiger partial charge in [0.25, 0.3) is 11.8 Å². The summed E-state index contributed by atoms with van der Waals surface area (Å²) in [7, 11) is -0.729. The van der Waals surface area contributed by atoms with Crippen LogP contribution in [0.3, 0.4) is 0 Å². The van der Waals surface area contributed by atoms with E-state index in [1.165, 1.54) is 0 Å². The summed E-state index contributed by atoms with van der Waals surface area (Å²) in [4.78, 5) is 34.9. The first-order valence-corrected chi connectivity index (χ1v) is 13.8.